The van der Waals surface area contributed by atoms with Crippen LogP contribution in [0.2, 0.25) is 0 Å². The molecule has 0 atom stereocenters. The molecule has 0 bridgehead atoms. The van der Waals surface area contributed by atoms with Crippen molar-refractivity contribution in [3.05, 3.63) is 63.8 Å². The summed E-state index contributed by atoms with van der Waals surface area (Å²) < 4.78 is 1.74. The highest BCUT2D eigenvalue weighted by atomic mass is 16.2. The molecule has 2 aromatic rings. The quantitative estimate of drug-likeness (QED) is 0.688. The first-order chi connectivity index (χ1) is 17.0. The van der Waals surface area contributed by atoms with Crippen LogP contribution >= 0.6 is 0 Å². The van der Waals surface area contributed by atoms with Crippen molar-refractivity contribution in [2.45, 2.75) is 64.5 Å². The second-order valence-electron chi connectivity index (χ2n) is 9.65. The predicted octanol–water partition coefficient (Wildman–Crippen LogP) is 2.91. The molecule has 1 aliphatic carbocycles. The third-order valence-electron chi connectivity index (χ3n) is 7.17. The molecule has 1 aliphatic heterocycles. The van der Waals surface area contributed by atoms with Crippen molar-refractivity contribution in [1.82, 2.24) is 24.7 Å². The van der Waals surface area contributed by atoms with Crippen LogP contribution in [0.15, 0.2) is 41.6 Å². The van der Waals surface area contributed by atoms with Crippen molar-refractivity contribution < 1.29 is 9.59 Å². The molecule has 8 heteroatoms. The highest BCUT2D eigenvalue weighted by Gasteiger charge is 2.27. The highest BCUT2D eigenvalue weighted by molar-refractivity contribution is 5.99. The molecule has 0 aromatic carbocycles. The van der Waals surface area contributed by atoms with Crippen molar-refractivity contribution in [2.75, 3.05) is 32.7 Å². The molecular formula is C27H37N5O3. The van der Waals surface area contributed by atoms with E-state index in [0.717, 1.165) is 51.0 Å². The summed E-state index contributed by atoms with van der Waals surface area (Å²) >= 11 is 0. The maximum atomic E-state index is 13.4. The minimum Gasteiger partial charge on any atom is -0.349 e. The molecule has 2 fully saturated rings. The van der Waals surface area contributed by atoms with E-state index in [-0.39, 0.29) is 29.0 Å². The Morgan fingerprint density at radius 2 is 1.66 bits per heavy atom. The lowest BCUT2D eigenvalue weighted by molar-refractivity contribution is 0.0641. The monoisotopic (exact) mass is 479 g/mol. The lowest BCUT2D eigenvalue weighted by Crippen LogP contribution is -2.49. The van der Waals surface area contributed by atoms with E-state index in [0.29, 0.717) is 19.6 Å². The first-order valence-corrected chi connectivity index (χ1v) is 13.0. The fourth-order valence-electron chi connectivity index (χ4n) is 5.02. The van der Waals surface area contributed by atoms with Crippen molar-refractivity contribution >= 4 is 11.8 Å². The molecule has 35 heavy (non-hydrogen) atoms. The van der Waals surface area contributed by atoms with Gasteiger partial charge in [0.25, 0.3) is 11.8 Å². The van der Waals surface area contributed by atoms with E-state index in [2.05, 4.69) is 22.1 Å². The van der Waals surface area contributed by atoms with Gasteiger partial charge >= 0.3 is 0 Å². The minimum absolute atomic E-state index is 0.0287. The molecule has 2 amide bonds. The van der Waals surface area contributed by atoms with Crippen LogP contribution in [-0.2, 0) is 6.54 Å². The fraction of sp³-hybridized carbons (Fsp3) is 0.556. The number of likely N-dealkylation sites (N-methyl/N-ethyl adjacent to an activating group) is 1. The SMILES string of the molecule is CCN1CCN(C(=O)c2cn(Cc3ccccn3)cc(C(=O)NC3CCCCCCC3)c2=O)CC1. The van der Waals surface area contributed by atoms with Gasteiger partial charge in [-0.3, -0.25) is 19.4 Å². The Morgan fingerprint density at radius 1 is 0.971 bits per heavy atom. The lowest BCUT2D eigenvalue weighted by atomic mass is 9.96. The van der Waals surface area contributed by atoms with Crippen LogP contribution in [-0.4, -0.2) is 69.9 Å². The average molecular weight is 480 g/mol. The van der Waals surface area contributed by atoms with E-state index < -0.39 is 5.43 Å². The van der Waals surface area contributed by atoms with E-state index in [1.165, 1.54) is 19.3 Å². The second-order valence-corrected chi connectivity index (χ2v) is 9.65. The number of carbonyl (C=O) groups is 2. The summed E-state index contributed by atoms with van der Waals surface area (Å²) in [4.78, 5) is 48.5. The van der Waals surface area contributed by atoms with Crippen molar-refractivity contribution in [1.29, 1.82) is 0 Å². The fourth-order valence-corrected chi connectivity index (χ4v) is 5.02. The maximum absolute atomic E-state index is 13.4. The van der Waals surface area contributed by atoms with E-state index >= 15 is 0 Å². The Balaban J connectivity index is 1.61. The average Bonchev–Trinajstić information content (AvgIpc) is 2.86. The Bertz CT molecular complexity index is 1050. The lowest BCUT2D eigenvalue weighted by Gasteiger charge is -2.34. The zero-order valence-corrected chi connectivity index (χ0v) is 20.7. The Morgan fingerprint density at radius 3 is 2.31 bits per heavy atom. The van der Waals surface area contributed by atoms with Crippen molar-refractivity contribution in [3.8, 4) is 0 Å². The number of hydrogen-bond acceptors (Lipinski definition) is 5. The number of carbonyl (C=O) groups excluding carboxylic acids is 2. The summed E-state index contributed by atoms with van der Waals surface area (Å²) in [6, 6.07) is 5.69. The third kappa shape index (κ3) is 6.57. The molecular weight excluding hydrogens is 442 g/mol. The first kappa shape index (κ1) is 25.1. The van der Waals surface area contributed by atoms with Crippen molar-refractivity contribution in [3.63, 3.8) is 0 Å². The smallest absolute Gasteiger partial charge is 0.259 e. The van der Waals surface area contributed by atoms with Crippen LogP contribution in [0, 0.1) is 0 Å². The van der Waals surface area contributed by atoms with Gasteiger partial charge in [-0.25, -0.2) is 0 Å². The third-order valence-corrected chi connectivity index (χ3v) is 7.17. The molecule has 2 aliphatic rings. The maximum Gasteiger partial charge on any atom is 0.259 e. The predicted molar refractivity (Wildman–Crippen MR) is 136 cm³/mol. The summed E-state index contributed by atoms with van der Waals surface area (Å²) in [6.45, 7) is 6.13. The summed E-state index contributed by atoms with van der Waals surface area (Å²) in [7, 11) is 0. The molecule has 0 spiro atoms. The zero-order valence-electron chi connectivity index (χ0n) is 20.7. The van der Waals surface area contributed by atoms with Gasteiger partial charge in [0.1, 0.15) is 11.1 Å². The van der Waals surface area contributed by atoms with Crippen LogP contribution in [0.25, 0.3) is 0 Å². The topological polar surface area (TPSA) is 87.5 Å². The van der Waals surface area contributed by atoms with Gasteiger partial charge in [-0.05, 0) is 31.5 Å². The van der Waals surface area contributed by atoms with Crippen molar-refractivity contribution in [2.24, 2.45) is 0 Å². The molecule has 1 N–H and O–H groups in total. The summed E-state index contributed by atoms with van der Waals surface area (Å²) in [6.07, 6.45) is 12.5. The molecule has 1 saturated heterocycles. The number of pyridine rings is 2. The van der Waals surface area contributed by atoms with E-state index in [1.54, 1.807) is 28.1 Å². The number of hydrogen-bond donors (Lipinski definition) is 1. The van der Waals surface area contributed by atoms with E-state index in [9.17, 15) is 14.4 Å². The summed E-state index contributed by atoms with van der Waals surface area (Å²) in [5.74, 6) is -0.693. The molecule has 8 nitrogen and oxygen atoms in total. The highest BCUT2D eigenvalue weighted by Crippen LogP contribution is 2.17. The minimum atomic E-state index is -0.492. The zero-order chi connectivity index (χ0) is 24.6. The van der Waals surface area contributed by atoms with Gasteiger partial charge in [-0.15, -0.1) is 0 Å². The number of piperazine rings is 1. The van der Waals surface area contributed by atoms with E-state index in [4.69, 9.17) is 0 Å². The van der Waals surface area contributed by atoms with Gasteiger partial charge in [0, 0.05) is 50.8 Å². The number of nitrogens with zero attached hydrogens (tertiary/aromatic N) is 4. The number of rotatable bonds is 6. The van der Waals surface area contributed by atoms with Gasteiger partial charge in [0.05, 0.1) is 12.2 Å². The van der Waals surface area contributed by atoms with Gasteiger partial charge in [-0.1, -0.05) is 45.1 Å². The molecule has 3 heterocycles. The van der Waals surface area contributed by atoms with Gasteiger partial charge in [0.2, 0.25) is 5.43 Å². The molecule has 2 aromatic heterocycles. The Hall–Kier alpha value is -3.00. The number of nitrogens with one attached hydrogen (secondary N) is 1. The van der Waals surface area contributed by atoms with Crippen LogP contribution in [0.3, 0.4) is 0 Å². The first-order valence-electron chi connectivity index (χ1n) is 13.0. The van der Waals surface area contributed by atoms with Gasteiger partial charge < -0.3 is 19.7 Å². The van der Waals surface area contributed by atoms with Crippen LogP contribution < -0.4 is 10.7 Å². The van der Waals surface area contributed by atoms with Gasteiger partial charge in [0.15, 0.2) is 0 Å². The Labute approximate surface area is 207 Å². The van der Waals surface area contributed by atoms with Gasteiger partial charge in [-0.2, -0.15) is 0 Å². The second kappa shape index (κ2) is 12.1. The number of aromatic nitrogens is 2. The van der Waals surface area contributed by atoms with Crippen LogP contribution in [0.4, 0.5) is 0 Å². The molecule has 0 radical (unpaired) electrons. The van der Waals surface area contributed by atoms with Crippen LogP contribution in [0.1, 0.15) is 78.3 Å². The summed E-state index contributed by atoms with van der Waals surface area (Å²) in [5, 5.41) is 3.09. The molecule has 4 rings (SSSR count). The molecule has 1 saturated carbocycles. The number of amides is 2. The standard InChI is InChI=1S/C27H37N5O3/c1-2-30-14-16-32(17-15-30)27(35)24-20-31(18-22-12-8-9-13-28-22)19-23(25(24)33)26(34)29-21-10-6-4-3-5-7-11-21/h8-9,12-13,19-21H,2-7,10-11,14-18H2,1H3,(H,29,34). The Kier molecular flexibility index (Phi) is 8.69. The van der Waals surface area contributed by atoms with E-state index in [1.807, 2.05) is 18.2 Å². The normalized spacial score (nSPS) is 18.0. The molecule has 188 valence electrons. The largest absolute Gasteiger partial charge is 0.349 e. The molecule has 0 unspecified atom stereocenters. The summed E-state index contributed by atoms with van der Waals surface area (Å²) in [5.41, 5.74) is 0.378. The van der Waals surface area contributed by atoms with Crippen LogP contribution in [0.5, 0.6) is 0 Å².